The smallest absolute Gasteiger partial charge is 0.405 e. The minimum absolute atomic E-state index is 0.145. The van der Waals surface area contributed by atoms with E-state index < -0.39 is 18.1 Å². The van der Waals surface area contributed by atoms with Crippen LogP contribution in [0, 0.1) is 13.8 Å². The van der Waals surface area contributed by atoms with Gasteiger partial charge < -0.3 is 14.8 Å². The average molecular weight is 526 g/mol. The average Bonchev–Trinajstić information content (AvgIpc) is 3.20. The number of carbonyl (C=O) groups excluding carboxylic acids is 1. The predicted octanol–water partition coefficient (Wildman–Crippen LogP) is 5.92. The lowest BCUT2D eigenvalue weighted by molar-refractivity contribution is -0.274. The van der Waals surface area contributed by atoms with Gasteiger partial charge in [-0.2, -0.15) is 5.10 Å². The zero-order valence-electron chi connectivity index (χ0n) is 21.0. The number of aromatic nitrogens is 3. The SMILES string of the molecule is COCc1ccc(OC(F)(F)F)c(CNC(=O)Nc2c(C)c(-c3ccc(C)nc3)nn2-c2ccccc2)c1. The quantitative estimate of drug-likeness (QED) is 0.298. The van der Waals surface area contributed by atoms with Crippen molar-refractivity contribution in [2.45, 2.75) is 33.4 Å². The van der Waals surface area contributed by atoms with Crippen LogP contribution in [0.5, 0.6) is 5.75 Å². The van der Waals surface area contributed by atoms with Gasteiger partial charge in [-0.15, -0.1) is 13.2 Å². The van der Waals surface area contributed by atoms with Gasteiger partial charge in [0.1, 0.15) is 11.6 Å². The van der Waals surface area contributed by atoms with Crippen LogP contribution in [0.15, 0.2) is 66.9 Å². The molecule has 8 nitrogen and oxygen atoms in total. The second-order valence-corrected chi connectivity index (χ2v) is 8.49. The number of aryl methyl sites for hydroxylation is 1. The molecule has 0 saturated carbocycles. The van der Waals surface area contributed by atoms with E-state index in [1.54, 1.807) is 10.9 Å². The number of para-hydroxylation sites is 1. The van der Waals surface area contributed by atoms with Gasteiger partial charge >= 0.3 is 12.4 Å². The van der Waals surface area contributed by atoms with Crippen molar-refractivity contribution in [2.75, 3.05) is 12.4 Å². The second-order valence-electron chi connectivity index (χ2n) is 8.49. The van der Waals surface area contributed by atoms with E-state index in [0.29, 0.717) is 28.3 Å². The molecule has 0 aliphatic carbocycles. The molecule has 4 rings (SSSR count). The first-order chi connectivity index (χ1) is 18.1. The van der Waals surface area contributed by atoms with E-state index in [9.17, 15) is 18.0 Å². The summed E-state index contributed by atoms with van der Waals surface area (Å²) >= 11 is 0. The number of pyridine rings is 1. The van der Waals surface area contributed by atoms with E-state index in [4.69, 9.17) is 9.84 Å². The number of amides is 2. The van der Waals surface area contributed by atoms with Crippen LogP contribution < -0.4 is 15.4 Å². The lowest BCUT2D eigenvalue weighted by atomic mass is 10.1. The summed E-state index contributed by atoms with van der Waals surface area (Å²) in [5.41, 5.74) is 4.44. The third-order valence-corrected chi connectivity index (χ3v) is 5.64. The summed E-state index contributed by atoms with van der Waals surface area (Å²) < 4.78 is 49.5. The van der Waals surface area contributed by atoms with Crippen LogP contribution in [0.4, 0.5) is 23.8 Å². The third-order valence-electron chi connectivity index (χ3n) is 5.64. The highest BCUT2D eigenvalue weighted by Crippen LogP contribution is 2.31. The van der Waals surface area contributed by atoms with Crippen molar-refractivity contribution in [3.63, 3.8) is 0 Å². The van der Waals surface area contributed by atoms with Crippen LogP contribution in [0.2, 0.25) is 0 Å². The van der Waals surface area contributed by atoms with Crippen LogP contribution in [-0.4, -0.2) is 34.3 Å². The first-order valence-electron chi connectivity index (χ1n) is 11.6. The summed E-state index contributed by atoms with van der Waals surface area (Å²) in [7, 11) is 1.48. The topological polar surface area (TPSA) is 90.3 Å². The van der Waals surface area contributed by atoms with Crippen LogP contribution in [0.1, 0.15) is 22.4 Å². The molecule has 0 unspecified atom stereocenters. The van der Waals surface area contributed by atoms with E-state index in [1.165, 1.54) is 25.3 Å². The number of hydrogen-bond acceptors (Lipinski definition) is 5. The summed E-state index contributed by atoms with van der Waals surface area (Å²) in [5.74, 6) is 0.00138. The Bertz CT molecular complexity index is 1400. The number of halogens is 3. The van der Waals surface area contributed by atoms with E-state index >= 15 is 0 Å². The number of nitrogens with one attached hydrogen (secondary N) is 2. The predicted molar refractivity (Wildman–Crippen MR) is 136 cm³/mol. The Labute approximate surface area is 217 Å². The highest BCUT2D eigenvalue weighted by Gasteiger charge is 2.32. The highest BCUT2D eigenvalue weighted by atomic mass is 19.4. The Morgan fingerprint density at radius 1 is 1.05 bits per heavy atom. The molecule has 0 bridgehead atoms. The fraction of sp³-hybridized carbons (Fsp3) is 0.222. The lowest BCUT2D eigenvalue weighted by Gasteiger charge is -2.16. The summed E-state index contributed by atoms with van der Waals surface area (Å²) in [4.78, 5) is 17.3. The standard InChI is InChI=1S/C27H26F3N5O3/c1-17-9-11-20(14-31-17)24-18(2)25(35(34-24)22-7-5-4-6-8-22)33-26(36)32-15-21-13-19(16-37-3)10-12-23(21)38-27(28,29)30/h4-14H,15-16H2,1-3H3,(H2,32,33,36). The van der Waals surface area contributed by atoms with Gasteiger partial charge in [-0.1, -0.05) is 24.3 Å². The molecule has 2 amide bonds. The van der Waals surface area contributed by atoms with Gasteiger partial charge in [0.25, 0.3) is 0 Å². The second kappa shape index (κ2) is 11.3. The lowest BCUT2D eigenvalue weighted by Crippen LogP contribution is -2.30. The first kappa shape index (κ1) is 26.7. The molecule has 2 N–H and O–H groups in total. The molecule has 11 heteroatoms. The zero-order valence-corrected chi connectivity index (χ0v) is 21.0. The zero-order chi connectivity index (χ0) is 27.3. The van der Waals surface area contributed by atoms with Crippen molar-refractivity contribution in [3.05, 3.63) is 89.2 Å². The number of hydrogen-bond donors (Lipinski definition) is 2. The van der Waals surface area contributed by atoms with Gasteiger partial charge in [-0.3, -0.25) is 10.3 Å². The Kier molecular flexibility index (Phi) is 7.96. The minimum Gasteiger partial charge on any atom is -0.405 e. The van der Waals surface area contributed by atoms with Crippen LogP contribution in [-0.2, 0) is 17.9 Å². The fourth-order valence-corrected chi connectivity index (χ4v) is 3.86. The fourth-order valence-electron chi connectivity index (χ4n) is 3.86. The maximum atomic E-state index is 13.0. The molecule has 2 aromatic heterocycles. The summed E-state index contributed by atoms with van der Waals surface area (Å²) in [6.45, 7) is 3.67. The van der Waals surface area contributed by atoms with E-state index in [-0.39, 0.29) is 18.7 Å². The van der Waals surface area contributed by atoms with Crippen LogP contribution >= 0.6 is 0 Å². The normalized spacial score (nSPS) is 11.3. The molecule has 4 aromatic rings. The van der Waals surface area contributed by atoms with Gasteiger partial charge in [-0.25, -0.2) is 9.48 Å². The van der Waals surface area contributed by atoms with Gasteiger partial charge in [0, 0.05) is 42.2 Å². The largest absolute Gasteiger partial charge is 0.573 e. The number of alkyl halides is 3. The number of ether oxygens (including phenoxy) is 2. The number of carbonyl (C=O) groups is 1. The number of urea groups is 1. The number of rotatable bonds is 8. The van der Waals surface area contributed by atoms with Crippen molar-refractivity contribution in [1.82, 2.24) is 20.1 Å². The highest BCUT2D eigenvalue weighted by molar-refractivity contribution is 5.90. The Morgan fingerprint density at radius 3 is 2.47 bits per heavy atom. The molecule has 0 atom stereocenters. The molecule has 0 radical (unpaired) electrons. The van der Waals surface area contributed by atoms with Crippen molar-refractivity contribution in [1.29, 1.82) is 0 Å². The Morgan fingerprint density at radius 2 is 1.82 bits per heavy atom. The molecule has 2 heterocycles. The Hall–Kier alpha value is -4.38. The van der Waals surface area contributed by atoms with Gasteiger partial charge in [0.05, 0.1) is 18.0 Å². The molecule has 198 valence electrons. The molecule has 0 saturated heterocycles. The first-order valence-corrected chi connectivity index (χ1v) is 11.6. The molecular weight excluding hydrogens is 499 g/mol. The van der Waals surface area contributed by atoms with Crippen LogP contribution in [0.3, 0.4) is 0 Å². The maximum absolute atomic E-state index is 13.0. The minimum atomic E-state index is -4.87. The maximum Gasteiger partial charge on any atom is 0.573 e. The number of nitrogens with zero attached hydrogens (tertiary/aromatic N) is 3. The van der Waals surface area contributed by atoms with Crippen LogP contribution in [0.25, 0.3) is 16.9 Å². The molecule has 0 spiro atoms. The third kappa shape index (κ3) is 6.48. The summed E-state index contributed by atoms with van der Waals surface area (Å²) in [5, 5.41) is 10.1. The van der Waals surface area contributed by atoms with Gasteiger partial charge in [0.15, 0.2) is 0 Å². The molecular formula is C27H26F3N5O3. The number of benzene rings is 2. The number of anilines is 1. The van der Waals surface area contributed by atoms with Crippen molar-refractivity contribution in [3.8, 4) is 22.7 Å². The molecule has 0 aliphatic heterocycles. The van der Waals surface area contributed by atoms with Crippen molar-refractivity contribution in [2.24, 2.45) is 0 Å². The van der Waals surface area contributed by atoms with E-state index in [2.05, 4.69) is 20.4 Å². The molecule has 0 fully saturated rings. The number of methoxy groups -OCH3 is 1. The molecule has 38 heavy (non-hydrogen) atoms. The Balaban J connectivity index is 1.60. The summed E-state index contributed by atoms with van der Waals surface area (Å²) in [6.07, 6.45) is -3.17. The van der Waals surface area contributed by atoms with Crippen molar-refractivity contribution >= 4 is 11.8 Å². The van der Waals surface area contributed by atoms with Crippen molar-refractivity contribution < 1.29 is 27.4 Å². The molecule has 2 aromatic carbocycles. The van der Waals surface area contributed by atoms with E-state index in [1.807, 2.05) is 56.3 Å². The summed E-state index contributed by atoms with van der Waals surface area (Å²) in [6, 6.07) is 16.5. The van der Waals surface area contributed by atoms with E-state index in [0.717, 1.165) is 11.3 Å². The van der Waals surface area contributed by atoms with Gasteiger partial charge in [-0.05, 0) is 55.8 Å². The van der Waals surface area contributed by atoms with Gasteiger partial charge in [0.2, 0.25) is 0 Å². The monoisotopic (exact) mass is 525 g/mol. The molecule has 0 aliphatic rings.